The summed E-state index contributed by atoms with van der Waals surface area (Å²) in [5.41, 5.74) is 1.96. The van der Waals surface area contributed by atoms with Crippen molar-refractivity contribution in [3.05, 3.63) is 29.8 Å². The lowest BCUT2D eigenvalue weighted by atomic mass is 10.1. The van der Waals surface area contributed by atoms with Crippen molar-refractivity contribution in [3.63, 3.8) is 0 Å². The zero-order valence-corrected chi connectivity index (χ0v) is 16.8. The number of carbonyl (C=O) groups is 2. The lowest BCUT2D eigenvalue weighted by Gasteiger charge is -2.17. The topological polar surface area (TPSA) is 58.6 Å². The van der Waals surface area contributed by atoms with Crippen LogP contribution in [0.4, 0.5) is 5.69 Å². The second kappa shape index (κ2) is 11.2. The van der Waals surface area contributed by atoms with E-state index >= 15 is 0 Å². The molecule has 0 aromatic heterocycles. The molecule has 1 aliphatic rings. The largest absolute Gasteiger partial charge is 0.455 e. The maximum absolute atomic E-state index is 11.9. The van der Waals surface area contributed by atoms with Crippen molar-refractivity contribution >= 4 is 45.9 Å². The Morgan fingerprint density at radius 3 is 2.58 bits per heavy atom. The van der Waals surface area contributed by atoms with E-state index in [1.165, 1.54) is 17.3 Å². The molecule has 1 N–H and O–H groups in total. The number of benzene rings is 1. The van der Waals surface area contributed by atoms with Crippen molar-refractivity contribution in [3.8, 4) is 0 Å². The highest BCUT2D eigenvalue weighted by atomic mass is 32.2. The number of ether oxygens (including phenoxy) is 1. The molecular formula is C19H26N2O3S2. The van der Waals surface area contributed by atoms with E-state index in [0.29, 0.717) is 5.69 Å². The highest BCUT2D eigenvalue weighted by Gasteiger charge is 2.17. The standard InChI is InChI=1S/C19H26N2O3S2/c1-2-3-6-15-7-9-16(10-8-15)20-17(22)13-24-18(23)14-26-19(25)21-11-4-5-12-21/h7-10H,2-6,11-14H2,1H3,(H,20,22). The number of likely N-dealkylation sites (tertiary alicyclic amines) is 1. The van der Waals surface area contributed by atoms with Crippen molar-refractivity contribution in [1.82, 2.24) is 4.90 Å². The maximum atomic E-state index is 11.9. The lowest BCUT2D eigenvalue weighted by molar-refractivity contribution is -0.144. The molecule has 1 saturated heterocycles. The number of esters is 1. The molecule has 1 aliphatic heterocycles. The van der Waals surface area contributed by atoms with E-state index < -0.39 is 5.97 Å². The van der Waals surface area contributed by atoms with Gasteiger partial charge in [-0.05, 0) is 43.4 Å². The average Bonchev–Trinajstić information content (AvgIpc) is 3.18. The van der Waals surface area contributed by atoms with Crippen LogP contribution in [0.1, 0.15) is 38.2 Å². The Morgan fingerprint density at radius 2 is 1.92 bits per heavy atom. The average molecular weight is 395 g/mol. The maximum Gasteiger partial charge on any atom is 0.316 e. The fourth-order valence-electron chi connectivity index (χ4n) is 2.63. The first-order valence-corrected chi connectivity index (χ1v) is 10.4. The van der Waals surface area contributed by atoms with E-state index in [1.54, 1.807) is 0 Å². The van der Waals surface area contributed by atoms with Crippen LogP contribution in [0.5, 0.6) is 0 Å². The van der Waals surface area contributed by atoms with E-state index in [2.05, 4.69) is 17.1 Å². The number of aryl methyl sites for hydroxylation is 1. The monoisotopic (exact) mass is 394 g/mol. The number of unbranched alkanes of at least 4 members (excludes halogenated alkanes) is 1. The first-order chi connectivity index (χ1) is 12.6. The van der Waals surface area contributed by atoms with Crippen LogP contribution in [0, 0.1) is 0 Å². The predicted octanol–water partition coefficient (Wildman–Crippen LogP) is 3.62. The fraction of sp³-hybridized carbons (Fsp3) is 0.526. The summed E-state index contributed by atoms with van der Waals surface area (Å²) in [6.45, 7) is 3.79. The molecule has 2 rings (SSSR count). The number of carbonyl (C=O) groups excluding carboxylic acids is 2. The molecule has 1 aromatic rings. The van der Waals surface area contributed by atoms with Gasteiger partial charge in [0.1, 0.15) is 4.32 Å². The first kappa shape index (κ1) is 20.7. The van der Waals surface area contributed by atoms with Gasteiger partial charge in [0, 0.05) is 18.8 Å². The van der Waals surface area contributed by atoms with Crippen molar-refractivity contribution < 1.29 is 14.3 Å². The van der Waals surface area contributed by atoms with Gasteiger partial charge < -0.3 is 15.0 Å². The predicted molar refractivity (Wildman–Crippen MR) is 111 cm³/mol. The van der Waals surface area contributed by atoms with Crippen LogP contribution in [0.3, 0.4) is 0 Å². The van der Waals surface area contributed by atoms with Crippen molar-refractivity contribution in [1.29, 1.82) is 0 Å². The summed E-state index contributed by atoms with van der Waals surface area (Å²) in [4.78, 5) is 25.8. The van der Waals surface area contributed by atoms with Gasteiger partial charge in [0.2, 0.25) is 0 Å². The summed E-state index contributed by atoms with van der Waals surface area (Å²) >= 11 is 6.59. The van der Waals surface area contributed by atoms with Crippen LogP contribution in [0.15, 0.2) is 24.3 Å². The molecule has 0 aliphatic carbocycles. The second-order valence-electron chi connectivity index (χ2n) is 6.26. The van der Waals surface area contributed by atoms with Crippen LogP contribution in [0.25, 0.3) is 0 Å². The number of amides is 1. The number of nitrogens with zero attached hydrogens (tertiary/aromatic N) is 1. The molecule has 0 atom stereocenters. The Hall–Kier alpha value is -1.60. The van der Waals surface area contributed by atoms with E-state index in [9.17, 15) is 9.59 Å². The lowest BCUT2D eigenvalue weighted by Crippen LogP contribution is -2.25. The number of anilines is 1. The van der Waals surface area contributed by atoms with Gasteiger partial charge in [0.15, 0.2) is 6.61 Å². The summed E-state index contributed by atoms with van der Waals surface area (Å²) in [6.07, 6.45) is 5.64. The molecule has 0 radical (unpaired) electrons. The van der Waals surface area contributed by atoms with Gasteiger partial charge in [-0.2, -0.15) is 0 Å². The van der Waals surface area contributed by atoms with E-state index in [4.69, 9.17) is 17.0 Å². The zero-order valence-electron chi connectivity index (χ0n) is 15.2. The van der Waals surface area contributed by atoms with Crippen LogP contribution in [-0.2, 0) is 20.7 Å². The van der Waals surface area contributed by atoms with Crippen LogP contribution in [0.2, 0.25) is 0 Å². The molecule has 0 unspecified atom stereocenters. The fourth-order valence-corrected chi connectivity index (χ4v) is 3.68. The Bertz CT molecular complexity index is 614. The van der Waals surface area contributed by atoms with Crippen LogP contribution in [-0.4, -0.2) is 46.5 Å². The molecule has 1 fully saturated rings. The SMILES string of the molecule is CCCCc1ccc(NC(=O)COC(=O)CSC(=S)N2CCCC2)cc1. The minimum absolute atomic E-state index is 0.134. The Kier molecular flexibility index (Phi) is 8.91. The molecule has 1 amide bonds. The van der Waals surface area contributed by atoms with Gasteiger partial charge in [0.25, 0.3) is 5.91 Å². The summed E-state index contributed by atoms with van der Waals surface area (Å²) < 4.78 is 5.74. The molecular weight excluding hydrogens is 368 g/mol. The van der Waals surface area contributed by atoms with E-state index in [1.807, 2.05) is 24.3 Å². The van der Waals surface area contributed by atoms with Gasteiger partial charge in [-0.15, -0.1) is 0 Å². The number of thioether (sulfide) groups is 1. The van der Waals surface area contributed by atoms with Crippen molar-refractivity contribution in [2.75, 3.05) is 30.8 Å². The minimum atomic E-state index is -0.429. The smallest absolute Gasteiger partial charge is 0.316 e. The van der Waals surface area contributed by atoms with Gasteiger partial charge in [0.05, 0.1) is 5.75 Å². The van der Waals surface area contributed by atoms with Crippen molar-refractivity contribution in [2.24, 2.45) is 0 Å². The Labute approximate surface area is 164 Å². The Morgan fingerprint density at radius 1 is 1.23 bits per heavy atom. The molecule has 0 saturated carbocycles. The van der Waals surface area contributed by atoms with Gasteiger partial charge >= 0.3 is 5.97 Å². The third-order valence-electron chi connectivity index (χ3n) is 4.10. The number of hydrogen-bond acceptors (Lipinski definition) is 5. The molecule has 5 nitrogen and oxygen atoms in total. The quantitative estimate of drug-likeness (QED) is 0.537. The normalized spacial score (nSPS) is 13.5. The molecule has 1 heterocycles. The summed E-state index contributed by atoms with van der Waals surface area (Å²) in [7, 11) is 0. The van der Waals surface area contributed by atoms with Gasteiger partial charge in [-0.3, -0.25) is 9.59 Å². The van der Waals surface area contributed by atoms with Crippen molar-refractivity contribution in [2.45, 2.75) is 39.0 Å². The van der Waals surface area contributed by atoms with E-state index in [0.717, 1.165) is 49.5 Å². The molecule has 1 aromatic carbocycles. The van der Waals surface area contributed by atoms with Crippen LogP contribution < -0.4 is 5.32 Å². The number of thiocarbonyl (C=S) groups is 1. The molecule has 7 heteroatoms. The summed E-state index contributed by atoms with van der Waals surface area (Å²) in [5, 5.41) is 2.73. The van der Waals surface area contributed by atoms with E-state index in [-0.39, 0.29) is 18.3 Å². The summed E-state index contributed by atoms with van der Waals surface area (Å²) in [6, 6.07) is 7.75. The van der Waals surface area contributed by atoms with Gasteiger partial charge in [-0.1, -0.05) is 49.5 Å². The number of rotatable bonds is 8. The minimum Gasteiger partial charge on any atom is -0.455 e. The van der Waals surface area contributed by atoms with Gasteiger partial charge in [-0.25, -0.2) is 0 Å². The third kappa shape index (κ3) is 7.33. The molecule has 26 heavy (non-hydrogen) atoms. The summed E-state index contributed by atoms with van der Waals surface area (Å²) in [5.74, 6) is -0.636. The third-order valence-corrected chi connectivity index (χ3v) is 5.60. The molecule has 0 bridgehead atoms. The van der Waals surface area contributed by atoms with Crippen LogP contribution >= 0.6 is 24.0 Å². The highest BCUT2D eigenvalue weighted by molar-refractivity contribution is 8.23. The zero-order chi connectivity index (χ0) is 18.8. The number of hydrogen-bond donors (Lipinski definition) is 1. The Balaban J connectivity index is 1.64. The second-order valence-corrected chi connectivity index (χ2v) is 7.87. The first-order valence-electron chi connectivity index (χ1n) is 9.04. The molecule has 142 valence electrons. The molecule has 0 spiro atoms. The number of nitrogens with one attached hydrogen (secondary N) is 1. The highest BCUT2D eigenvalue weighted by Crippen LogP contribution is 2.16.